The summed E-state index contributed by atoms with van der Waals surface area (Å²) >= 11 is 5.85. The van der Waals surface area contributed by atoms with Gasteiger partial charge < -0.3 is 25.6 Å². The molecule has 3 N–H and O–H groups in total. The largest absolute Gasteiger partial charge is 0.492 e. The number of benzene rings is 3. The van der Waals surface area contributed by atoms with Crippen LogP contribution in [-0.4, -0.2) is 37.2 Å². The Hall–Kier alpha value is -3.71. The highest BCUT2D eigenvalue weighted by molar-refractivity contribution is 6.30. The van der Waals surface area contributed by atoms with E-state index in [0.717, 1.165) is 0 Å². The van der Waals surface area contributed by atoms with Crippen LogP contribution in [-0.2, 0) is 0 Å². The average Bonchev–Trinajstić information content (AvgIpc) is 2.76. The summed E-state index contributed by atoms with van der Waals surface area (Å²) in [6, 6.07) is 22.4. The van der Waals surface area contributed by atoms with Crippen LogP contribution < -0.4 is 20.7 Å². The van der Waals surface area contributed by atoms with Crippen molar-refractivity contribution in [2.24, 2.45) is 0 Å². The first-order valence-corrected chi connectivity index (χ1v) is 10.0. The van der Waals surface area contributed by atoms with Crippen LogP contribution in [0.5, 0.6) is 5.75 Å². The molecule has 8 heteroatoms. The van der Waals surface area contributed by atoms with Crippen LogP contribution >= 0.6 is 11.6 Å². The number of amides is 4. The van der Waals surface area contributed by atoms with Gasteiger partial charge in [-0.1, -0.05) is 35.9 Å². The number of carbonyl (C=O) groups is 2. The molecule has 0 heterocycles. The summed E-state index contributed by atoms with van der Waals surface area (Å²) < 4.78 is 5.61. The van der Waals surface area contributed by atoms with Crippen LogP contribution in [0.3, 0.4) is 0 Å². The second-order valence-corrected chi connectivity index (χ2v) is 7.12. The number of rotatable bonds is 7. The molecule has 0 bridgehead atoms. The minimum atomic E-state index is -0.369. The number of anilines is 3. The lowest BCUT2D eigenvalue weighted by molar-refractivity contribution is 0.207. The van der Waals surface area contributed by atoms with Crippen molar-refractivity contribution < 1.29 is 14.3 Å². The predicted molar refractivity (Wildman–Crippen MR) is 124 cm³/mol. The molecule has 0 spiro atoms. The maximum absolute atomic E-state index is 12.4. The Morgan fingerprint density at radius 2 is 1.45 bits per heavy atom. The summed E-state index contributed by atoms with van der Waals surface area (Å²) in [7, 11) is 1.68. The maximum Gasteiger partial charge on any atom is 0.323 e. The van der Waals surface area contributed by atoms with Gasteiger partial charge in [0, 0.05) is 29.1 Å². The van der Waals surface area contributed by atoms with Gasteiger partial charge >= 0.3 is 12.1 Å². The van der Waals surface area contributed by atoms with Crippen LogP contribution in [0.2, 0.25) is 5.02 Å². The van der Waals surface area contributed by atoms with E-state index in [1.54, 1.807) is 67.7 Å². The highest BCUT2D eigenvalue weighted by Gasteiger charge is 2.10. The Morgan fingerprint density at radius 1 is 0.839 bits per heavy atom. The van der Waals surface area contributed by atoms with Gasteiger partial charge in [-0.15, -0.1) is 0 Å². The number of hydrogen-bond donors (Lipinski definition) is 3. The monoisotopic (exact) mass is 438 g/mol. The van der Waals surface area contributed by atoms with Gasteiger partial charge in [0.25, 0.3) is 0 Å². The molecule has 0 atom stereocenters. The number of hydrogen-bond acceptors (Lipinski definition) is 3. The van der Waals surface area contributed by atoms with Crippen LogP contribution in [0, 0.1) is 0 Å². The van der Waals surface area contributed by atoms with Crippen molar-refractivity contribution in [1.82, 2.24) is 4.90 Å². The van der Waals surface area contributed by atoms with Crippen molar-refractivity contribution in [2.45, 2.75) is 0 Å². The van der Waals surface area contributed by atoms with Gasteiger partial charge in [-0.05, 0) is 54.6 Å². The van der Waals surface area contributed by atoms with E-state index in [-0.39, 0.29) is 12.1 Å². The number of nitrogens with one attached hydrogen (secondary N) is 3. The van der Waals surface area contributed by atoms with Crippen molar-refractivity contribution in [3.05, 3.63) is 83.9 Å². The van der Waals surface area contributed by atoms with Crippen molar-refractivity contribution >= 4 is 40.7 Å². The van der Waals surface area contributed by atoms with E-state index in [4.69, 9.17) is 16.3 Å². The van der Waals surface area contributed by atoms with Crippen LogP contribution in [0.25, 0.3) is 0 Å². The Kier molecular flexibility index (Phi) is 7.73. The summed E-state index contributed by atoms with van der Waals surface area (Å²) in [5.41, 5.74) is 1.81. The summed E-state index contributed by atoms with van der Waals surface area (Å²) in [5.74, 6) is 0.686. The molecule has 4 amide bonds. The summed E-state index contributed by atoms with van der Waals surface area (Å²) in [5, 5.41) is 8.93. The number of halogens is 1. The van der Waals surface area contributed by atoms with Crippen molar-refractivity contribution in [1.29, 1.82) is 0 Å². The Morgan fingerprint density at radius 3 is 2.16 bits per heavy atom. The molecule has 3 rings (SSSR count). The van der Waals surface area contributed by atoms with E-state index in [0.29, 0.717) is 41.0 Å². The fourth-order valence-corrected chi connectivity index (χ4v) is 2.77. The lowest BCUT2D eigenvalue weighted by Gasteiger charge is -2.18. The second kappa shape index (κ2) is 10.9. The van der Waals surface area contributed by atoms with Gasteiger partial charge in [0.15, 0.2) is 0 Å². The average molecular weight is 439 g/mol. The van der Waals surface area contributed by atoms with E-state index >= 15 is 0 Å². The molecule has 3 aromatic rings. The topological polar surface area (TPSA) is 82.7 Å². The first-order chi connectivity index (χ1) is 15.0. The fraction of sp³-hybridized carbons (Fsp3) is 0.130. The Bertz CT molecular complexity index is 1010. The lowest BCUT2D eigenvalue weighted by atomic mass is 10.3. The zero-order valence-electron chi connectivity index (χ0n) is 17.0. The first kappa shape index (κ1) is 22.0. The predicted octanol–water partition coefficient (Wildman–Crippen LogP) is 5.53. The fourth-order valence-electron chi connectivity index (χ4n) is 2.64. The molecule has 0 fully saturated rings. The maximum atomic E-state index is 12.4. The zero-order valence-corrected chi connectivity index (χ0v) is 17.7. The molecule has 0 saturated heterocycles. The summed E-state index contributed by atoms with van der Waals surface area (Å²) in [6.07, 6.45) is 0. The van der Waals surface area contributed by atoms with Gasteiger partial charge in [0.2, 0.25) is 0 Å². The second-order valence-electron chi connectivity index (χ2n) is 6.68. The zero-order chi connectivity index (χ0) is 22.1. The molecular formula is C23H23ClN4O3. The summed E-state index contributed by atoms with van der Waals surface area (Å²) in [4.78, 5) is 26.1. The Labute approximate surface area is 186 Å². The standard InChI is InChI=1S/C23H23ClN4O3/c1-28(14-15-31-21-12-10-17(24)11-13-21)23(30)27-20-9-5-8-19(16-20)26-22(29)25-18-6-3-2-4-7-18/h2-13,16H,14-15H2,1H3,(H,27,30)(H2,25,26,29). The minimum absolute atomic E-state index is 0.286. The normalized spacial score (nSPS) is 10.1. The van der Waals surface area contributed by atoms with E-state index in [2.05, 4.69) is 16.0 Å². The van der Waals surface area contributed by atoms with Crippen molar-refractivity contribution in [3.8, 4) is 5.75 Å². The SMILES string of the molecule is CN(CCOc1ccc(Cl)cc1)C(=O)Nc1cccc(NC(=O)Nc2ccccc2)c1. The number of urea groups is 2. The quantitative estimate of drug-likeness (QED) is 0.453. The third-order valence-corrected chi connectivity index (χ3v) is 4.51. The molecule has 0 unspecified atom stereocenters. The number of ether oxygens (including phenoxy) is 1. The van der Waals surface area contributed by atoms with Crippen molar-refractivity contribution in [2.75, 3.05) is 36.1 Å². The molecule has 0 aliphatic carbocycles. The smallest absolute Gasteiger partial charge is 0.323 e. The summed E-state index contributed by atoms with van der Waals surface area (Å²) in [6.45, 7) is 0.735. The number of carbonyl (C=O) groups excluding carboxylic acids is 2. The molecule has 0 saturated carbocycles. The minimum Gasteiger partial charge on any atom is -0.492 e. The molecule has 0 radical (unpaired) electrons. The number of likely N-dealkylation sites (N-methyl/N-ethyl adjacent to an activating group) is 1. The number of para-hydroxylation sites is 1. The highest BCUT2D eigenvalue weighted by atomic mass is 35.5. The van der Waals surface area contributed by atoms with Gasteiger partial charge in [0.05, 0.1) is 6.54 Å². The van der Waals surface area contributed by atoms with Gasteiger partial charge in [0.1, 0.15) is 12.4 Å². The molecule has 0 aliphatic rings. The lowest BCUT2D eigenvalue weighted by Crippen LogP contribution is -2.34. The van der Waals surface area contributed by atoms with Crippen LogP contribution in [0.1, 0.15) is 0 Å². The van der Waals surface area contributed by atoms with Crippen LogP contribution in [0.15, 0.2) is 78.9 Å². The van der Waals surface area contributed by atoms with E-state index in [9.17, 15) is 9.59 Å². The van der Waals surface area contributed by atoms with Gasteiger partial charge in [-0.3, -0.25) is 0 Å². The third kappa shape index (κ3) is 7.24. The van der Waals surface area contributed by atoms with Crippen LogP contribution in [0.4, 0.5) is 26.7 Å². The van der Waals surface area contributed by atoms with Gasteiger partial charge in [-0.2, -0.15) is 0 Å². The molecular weight excluding hydrogens is 416 g/mol. The van der Waals surface area contributed by atoms with Gasteiger partial charge in [-0.25, -0.2) is 9.59 Å². The molecule has 0 aliphatic heterocycles. The first-order valence-electron chi connectivity index (χ1n) is 9.63. The van der Waals surface area contributed by atoms with Crippen molar-refractivity contribution in [3.63, 3.8) is 0 Å². The number of nitrogens with zero attached hydrogens (tertiary/aromatic N) is 1. The van der Waals surface area contributed by atoms with E-state index in [1.807, 2.05) is 18.2 Å². The molecule has 3 aromatic carbocycles. The molecule has 7 nitrogen and oxygen atoms in total. The highest BCUT2D eigenvalue weighted by Crippen LogP contribution is 2.17. The van der Waals surface area contributed by atoms with E-state index < -0.39 is 0 Å². The Balaban J connectivity index is 1.47. The molecule has 31 heavy (non-hydrogen) atoms. The van der Waals surface area contributed by atoms with E-state index in [1.165, 1.54) is 4.90 Å². The molecule has 160 valence electrons. The molecule has 0 aromatic heterocycles. The third-order valence-electron chi connectivity index (χ3n) is 4.26.